The molecule has 1 spiro atoms. The monoisotopic (exact) mass is 277 g/mol. The Hall–Kier alpha value is -1.13. The van der Waals surface area contributed by atoms with Crippen LogP contribution in [0.25, 0.3) is 0 Å². The maximum Gasteiger partial charge on any atom is 0.128 e. The Morgan fingerprint density at radius 2 is 2.20 bits per heavy atom. The maximum atomic E-state index is 13.4. The first-order chi connectivity index (χ1) is 9.65. The summed E-state index contributed by atoms with van der Waals surface area (Å²) in [4.78, 5) is 2.53. The van der Waals surface area contributed by atoms with Crippen LogP contribution in [0, 0.1) is 5.82 Å². The molecule has 1 aromatic rings. The van der Waals surface area contributed by atoms with Gasteiger partial charge in [0.25, 0.3) is 0 Å². The van der Waals surface area contributed by atoms with Crippen LogP contribution in [0.5, 0.6) is 5.75 Å². The zero-order valence-corrected chi connectivity index (χ0v) is 11.5. The topological polar surface area (TPSA) is 32.7 Å². The van der Waals surface area contributed by atoms with E-state index in [0.29, 0.717) is 18.2 Å². The van der Waals surface area contributed by atoms with Crippen molar-refractivity contribution in [3.8, 4) is 5.75 Å². The Balaban J connectivity index is 1.64. The molecule has 4 heteroatoms. The van der Waals surface area contributed by atoms with Crippen LogP contribution < -0.4 is 4.74 Å². The third-order valence-electron chi connectivity index (χ3n) is 5.19. The van der Waals surface area contributed by atoms with Crippen molar-refractivity contribution in [1.29, 1.82) is 0 Å². The summed E-state index contributed by atoms with van der Waals surface area (Å²) in [5, 5.41) is 10.4. The SMILES string of the molecule is O[C@H]1CC2(CCN3CCCC3C2)Oc2cc(F)ccc21. The fraction of sp³-hybridized carbons (Fsp3) is 0.625. The second kappa shape index (κ2) is 4.43. The highest BCUT2D eigenvalue weighted by molar-refractivity contribution is 5.38. The molecule has 108 valence electrons. The molecule has 3 heterocycles. The molecule has 3 atom stereocenters. The van der Waals surface area contributed by atoms with E-state index < -0.39 is 6.10 Å². The number of rotatable bonds is 0. The molecule has 3 nitrogen and oxygen atoms in total. The lowest BCUT2D eigenvalue weighted by atomic mass is 9.79. The van der Waals surface area contributed by atoms with Crippen LogP contribution in [-0.4, -0.2) is 34.7 Å². The molecule has 1 aromatic carbocycles. The predicted molar refractivity (Wildman–Crippen MR) is 73.2 cm³/mol. The minimum absolute atomic E-state index is 0.300. The van der Waals surface area contributed by atoms with Crippen molar-refractivity contribution in [1.82, 2.24) is 4.90 Å². The van der Waals surface area contributed by atoms with Gasteiger partial charge >= 0.3 is 0 Å². The van der Waals surface area contributed by atoms with Gasteiger partial charge < -0.3 is 14.7 Å². The minimum atomic E-state index is -0.535. The third-order valence-corrected chi connectivity index (χ3v) is 5.19. The standard InChI is InChI=1S/C16H20FNO2/c17-11-3-4-13-14(19)10-16(20-15(13)8-11)5-7-18-6-1-2-12(18)9-16/h3-4,8,12,14,19H,1-2,5-7,9-10H2/t12?,14-,16?/m0/s1. The molecule has 2 saturated heterocycles. The van der Waals surface area contributed by atoms with Gasteiger partial charge in [-0.05, 0) is 37.9 Å². The van der Waals surface area contributed by atoms with Crippen molar-refractivity contribution < 1.29 is 14.2 Å². The number of aliphatic hydroxyl groups is 1. The van der Waals surface area contributed by atoms with E-state index in [1.165, 1.54) is 31.5 Å². The van der Waals surface area contributed by atoms with Gasteiger partial charge in [0.05, 0.1) is 6.10 Å². The molecule has 2 unspecified atom stereocenters. The van der Waals surface area contributed by atoms with Crippen LogP contribution >= 0.6 is 0 Å². The molecule has 0 amide bonds. The Kier molecular flexibility index (Phi) is 2.79. The summed E-state index contributed by atoms with van der Waals surface area (Å²) >= 11 is 0. The lowest BCUT2D eigenvalue weighted by molar-refractivity contribution is -0.0647. The fourth-order valence-electron chi connectivity index (χ4n) is 4.19. The molecule has 1 N–H and O–H groups in total. The Morgan fingerprint density at radius 1 is 1.30 bits per heavy atom. The molecule has 0 aliphatic carbocycles. The molecule has 2 fully saturated rings. The summed E-state index contributed by atoms with van der Waals surface area (Å²) in [6.45, 7) is 2.22. The van der Waals surface area contributed by atoms with Crippen molar-refractivity contribution >= 4 is 0 Å². The smallest absolute Gasteiger partial charge is 0.128 e. The Bertz CT molecular complexity index is 535. The van der Waals surface area contributed by atoms with Gasteiger partial charge in [0, 0.05) is 37.1 Å². The summed E-state index contributed by atoms with van der Waals surface area (Å²) in [6.07, 6.45) is 4.46. The van der Waals surface area contributed by atoms with Crippen LogP contribution in [0.15, 0.2) is 18.2 Å². The van der Waals surface area contributed by atoms with Gasteiger partial charge in [0.15, 0.2) is 0 Å². The van der Waals surface area contributed by atoms with E-state index in [1.54, 1.807) is 6.07 Å². The van der Waals surface area contributed by atoms with Crippen molar-refractivity contribution in [3.05, 3.63) is 29.6 Å². The maximum absolute atomic E-state index is 13.4. The largest absolute Gasteiger partial charge is 0.487 e. The lowest BCUT2D eigenvalue weighted by Gasteiger charge is -2.47. The molecule has 0 saturated carbocycles. The summed E-state index contributed by atoms with van der Waals surface area (Å²) in [5.74, 6) is 0.237. The number of nitrogens with zero attached hydrogens (tertiary/aromatic N) is 1. The number of ether oxygens (including phenoxy) is 1. The summed E-state index contributed by atoms with van der Waals surface area (Å²) in [7, 11) is 0. The van der Waals surface area contributed by atoms with Crippen LogP contribution in [0.3, 0.4) is 0 Å². The van der Waals surface area contributed by atoms with Crippen molar-refractivity contribution in [2.24, 2.45) is 0 Å². The van der Waals surface area contributed by atoms with Gasteiger partial charge in [-0.25, -0.2) is 4.39 Å². The number of benzene rings is 1. The average molecular weight is 277 g/mol. The van der Waals surface area contributed by atoms with Gasteiger partial charge in [-0.15, -0.1) is 0 Å². The number of hydrogen-bond acceptors (Lipinski definition) is 3. The first-order valence-electron chi connectivity index (χ1n) is 7.56. The highest BCUT2D eigenvalue weighted by Crippen LogP contribution is 2.46. The van der Waals surface area contributed by atoms with Crippen LogP contribution in [0.1, 0.15) is 43.8 Å². The number of piperidine rings is 1. The van der Waals surface area contributed by atoms with Gasteiger partial charge in [0.1, 0.15) is 17.2 Å². The Labute approximate surface area is 118 Å². The van der Waals surface area contributed by atoms with Crippen LogP contribution in [-0.2, 0) is 0 Å². The highest BCUT2D eigenvalue weighted by Gasteiger charge is 2.47. The number of hydrogen-bond donors (Lipinski definition) is 1. The van der Waals surface area contributed by atoms with Gasteiger partial charge in [-0.2, -0.15) is 0 Å². The molecule has 0 bridgehead atoms. The first kappa shape index (κ1) is 12.6. The van der Waals surface area contributed by atoms with E-state index in [2.05, 4.69) is 4.90 Å². The predicted octanol–water partition coefficient (Wildman–Crippen LogP) is 2.64. The molecular formula is C16H20FNO2. The second-order valence-corrected chi connectivity index (χ2v) is 6.47. The minimum Gasteiger partial charge on any atom is -0.487 e. The molecule has 3 aliphatic heterocycles. The Morgan fingerprint density at radius 3 is 3.10 bits per heavy atom. The summed E-state index contributed by atoms with van der Waals surface area (Å²) < 4.78 is 19.6. The van der Waals surface area contributed by atoms with Crippen molar-refractivity contribution in [3.63, 3.8) is 0 Å². The average Bonchev–Trinajstić information content (AvgIpc) is 2.85. The normalized spacial score (nSPS) is 36.5. The second-order valence-electron chi connectivity index (χ2n) is 6.47. The van der Waals surface area contributed by atoms with E-state index in [1.807, 2.05) is 0 Å². The van der Waals surface area contributed by atoms with Crippen molar-refractivity contribution in [2.45, 2.75) is 49.9 Å². The van der Waals surface area contributed by atoms with Gasteiger partial charge in [-0.1, -0.05) is 0 Å². The fourth-order valence-corrected chi connectivity index (χ4v) is 4.19. The summed E-state index contributed by atoms with van der Waals surface area (Å²) in [6, 6.07) is 5.03. The first-order valence-corrected chi connectivity index (χ1v) is 7.56. The zero-order valence-electron chi connectivity index (χ0n) is 11.5. The van der Waals surface area contributed by atoms with Crippen LogP contribution in [0.4, 0.5) is 4.39 Å². The highest BCUT2D eigenvalue weighted by atomic mass is 19.1. The van der Waals surface area contributed by atoms with Crippen molar-refractivity contribution in [2.75, 3.05) is 13.1 Å². The van der Waals surface area contributed by atoms with E-state index in [9.17, 15) is 9.50 Å². The number of fused-ring (bicyclic) bond motifs is 2. The molecule has 20 heavy (non-hydrogen) atoms. The molecule has 3 aliphatic rings. The molecular weight excluding hydrogens is 257 g/mol. The number of halogens is 1. The molecule has 4 rings (SSSR count). The van der Waals surface area contributed by atoms with E-state index >= 15 is 0 Å². The van der Waals surface area contributed by atoms with Crippen LogP contribution in [0.2, 0.25) is 0 Å². The number of aliphatic hydroxyl groups excluding tert-OH is 1. The third kappa shape index (κ3) is 1.93. The summed E-state index contributed by atoms with van der Waals surface area (Å²) in [5.41, 5.74) is 0.428. The lowest BCUT2D eigenvalue weighted by Crippen LogP contribution is -2.52. The quantitative estimate of drug-likeness (QED) is 0.791. The van der Waals surface area contributed by atoms with E-state index in [4.69, 9.17) is 4.74 Å². The zero-order chi connectivity index (χ0) is 13.7. The van der Waals surface area contributed by atoms with Gasteiger partial charge in [-0.3, -0.25) is 0 Å². The molecule has 0 radical (unpaired) electrons. The molecule has 0 aromatic heterocycles. The van der Waals surface area contributed by atoms with E-state index in [-0.39, 0.29) is 11.4 Å². The van der Waals surface area contributed by atoms with Gasteiger partial charge in [0.2, 0.25) is 0 Å². The van der Waals surface area contributed by atoms with E-state index in [0.717, 1.165) is 24.9 Å².